The molecule has 0 radical (unpaired) electrons. The fourth-order valence-electron chi connectivity index (χ4n) is 1.79. The zero-order chi connectivity index (χ0) is 14.3. The molecule has 20 heavy (non-hydrogen) atoms. The van der Waals surface area contributed by atoms with Gasteiger partial charge in [-0.05, 0) is 36.1 Å². The molecule has 1 aromatic carbocycles. The van der Waals surface area contributed by atoms with Crippen LogP contribution in [0.2, 0.25) is 0 Å². The first kappa shape index (κ1) is 18.9. The van der Waals surface area contributed by atoms with Crippen molar-refractivity contribution in [2.45, 2.75) is 39.5 Å². The number of carbonyl (C=O) groups is 1. The van der Waals surface area contributed by atoms with Gasteiger partial charge in [0.15, 0.2) is 0 Å². The third kappa shape index (κ3) is 6.40. The Balaban J connectivity index is 0.00000361. The lowest BCUT2D eigenvalue weighted by molar-refractivity contribution is 0.0954. The van der Waals surface area contributed by atoms with Gasteiger partial charge in [0, 0.05) is 18.7 Å². The minimum absolute atomic E-state index is 0. The molecule has 0 bridgehead atoms. The maximum atomic E-state index is 11.9. The van der Waals surface area contributed by atoms with Gasteiger partial charge >= 0.3 is 0 Å². The average Bonchev–Trinajstić information content (AvgIpc) is 2.37. The summed E-state index contributed by atoms with van der Waals surface area (Å²) in [5.41, 5.74) is 2.09. The topological polar surface area (TPSA) is 41.1 Å². The van der Waals surface area contributed by atoms with Gasteiger partial charge in [-0.2, -0.15) is 0 Å². The van der Waals surface area contributed by atoms with E-state index in [0.717, 1.165) is 25.1 Å². The molecule has 0 aliphatic heterocycles. The Morgan fingerprint density at radius 3 is 2.15 bits per heavy atom. The molecule has 0 fully saturated rings. The van der Waals surface area contributed by atoms with Gasteiger partial charge < -0.3 is 10.6 Å². The third-order valence-corrected chi connectivity index (χ3v) is 3.03. The van der Waals surface area contributed by atoms with Gasteiger partial charge in [-0.1, -0.05) is 39.8 Å². The lowest BCUT2D eigenvalue weighted by Gasteiger charge is -2.19. The van der Waals surface area contributed by atoms with Crippen LogP contribution in [0.4, 0.5) is 0 Å². The fraction of sp³-hybridized carbons (Fsp3) is 0.562. The highest BCUT2D eigenvalue weighted by molar-refractivity contribution is 5.94. The Hall–Kier alpha value is -1.06. The van der Waals surface area contributed by atoms with E-state index in [0.29, 0.717) is 6.54 Å². The molecule has 0 saturated carbocycles. The molecule has 0 heterocycles. The second kappa shape index (κ2) is 8.98. The highest BCUT2D eigenvalue weighted by Crippen LogP contribution is 2.22. The molecular formula is C16H27ClN2O. The minimum atomic E-state index is -0.00115. The highest BCUT2D eigenvalue weighted by Gasteiger charge is 2.13. The van der Waals surface area contributed by atoms with Gasteiger partial charge in [0.05, 0.1) is 0 Å². The standard InChI is InChI=1S/C16H26N2O.ClH/c1-5-10-17-11-12-18-15(19)13-6-8-14(9-7-13)16(2,3)4;/h6-9,17H,5,10-12H2,1-4H3,(H,18,19);1H. The zero-order valence-electron chi connectivity index (χ0n) is 13.0. The van der Waals surface area contributed by atoms with E-state index in [1.807, 2.05) is 24.3 Å². The normalized spacial score (nSPS) is 10.8. The number of halogens is 1. The number of benzene rings is 1. The van der Waals surface area contributed by atoms with Crippen LogP contribution in [0.1, 0.15) is 50.0 Å². The van der Waals surface area contributed by atoms with Crippen molar-refractivity contribution in [3.63, 3.8) is 0 Å². The molecule has 4 heteroatoms. The molecule has 0 aromatic heterocycles. The van der Waals surface area contributed by atoms with Crippen molar-refractivity contribution in [3.05, 3.63) is 35.4 Å². The summed E-state index contributed by atoms with van der Waals surface area (Å²) in [6, 6.07) is 7.86. The first-order chi connectivity index (χ1) is 8.95. The number of carbonyl (C=O) groups excluding carboxylic acids is 1. The Morgan fingerprint density at radius 1 is 1.05 bits per heavy atom. The van der Waals surface area contributed by atoms with E-state index in [1.54, 1.807) is 0 Å². The van der Waals surface area contributed by atoms with Crippen LogP contribution in [0.5, 0.6) is 0 Å². The molecule has 0 aliphatic carbocycles. The number of amides is 1. The molecule has 0 atom stereocenters. The summed E-state index contributed by atoms with van der Waals surface area (Å²) in [5.74, 6) is -0.00115. The van der Waals surface area contributed by atoms with E-state index in [2.05, 4.69) is 38.3 Å². The van der Waals surface area contributed by atoms with E-state index in [1.165, 1.54) is 5.56 Å². The van der Waals surface area contributed by atoms with E-state index >= 15 is 0 Å². The molecule has 114 valence electrons. The van der Waals surface area contributed by atoms with Crippen LogP contribution in [0.15, 0.2) is 24.3 Å². The number of hydrogen-bond acceptors (Lipinski definition) is 2. The predicted octanol–water partition coefficient (Wildman–Crippen LogP) is 3.14. The van der Waals surface area contributed by atoms with Crippen LogP contribution in [0.3, 0.4) is 0 Å². The number of nitrogens with one attached hydrogen (secondary N) is 2. The minimum Gasteiger partial charge on any atom is -0.351 e. The lowest BCUT2D eigenvalue weighted by Crippen LogP contribution is -2.32. The molecule has 1 amide bonds. The fourth-order valence-corrected chi connectivity index (χ4v) is 1.79. The summed E-state index contributed by atoms with van der Waals surface area (Å²) in [6.45, 7) is 11.1. The van der Waals surface area contributed by atoms with Gasteiger partial charge in [-0.25, -0.2) is 0 Å². The second-order valence-electron chi connectivity index (χ2n) is 5.83. The van der Waals surface area contributed by atoms with Gasteiger partial charge in [-0.15, -0.1) is 12.4 Å². The molecule has 0 unspecified atom stereocenters. The Kier molecular flexibility index (Phi) is 8.51. The van der Waals surface area contributed by atoms with E-state index in [4.69, 9.17) is 0 Å². The van der Waals surface area contributed by atoms with Crippen molar-refractivity contribution in [3.8, 4) is 0 Å². The lowest BCUT2D eigenvalue weighted by atomic mass is 9.87. The summed E-state index contributed by atoms with van der Waals surface area (Å²) in [5, 5.41) is 6.17. The molecule has 1 rings (SSSR count). The Labute approximate surface area is 128 Å². The van der Waals surface area contributed by atoms with Crippen LogP contribution in [0.25, 0.3) is 0 Å². The molecular weight excluding hydrogens is 272 g/mol. The van der Waals surface area contributed by atoms with Crippen molar-refractivity contribution in [1.82, 2.24) is 10.6 Å². The summed E-state index contributed by atoms with van der Waals surface area (Å²) < 4.78 is 0. The largest absolute Gasteiger partial charge is 0.351 e. The van der Waals surface area contributed by atoms with Crippen LogP contribution < -0.4 is 10.6 Å². The molecule has 0 aliphatic rings. The molecule has 3 nitrogen and oxygen atoms in total. The number of rotatable bonds is 6. The quantitative estimate of drug-likeness (QED) is 0.792. The highest BCUT2D eigenvalue weighted by atomic mass is 35.5. The Morgan fingerprint density at radius 2 is 1.65 bits per heavy atom. The van der Waals surface area contributed by atoms with Crippen LogP contribution in [-0.2, 0) is 5.41 Å². The molecule has 0 saturated heterocycles. The molecule has 1 aromatic rings. The van der Waals surface area contributed by atoms with Crippen molar-refractivity contribution < 1.29 is 4.79 Å². The molecule has 0 spiro atoms. The summed E-state index contributed by atoms with van der Waals surface area (Å²) >= 11 is 0. The van der Waals surface area contributed by atoms with Gasteiger partial charge in [0.25, 0.3) is 5.91 Å². The van der Waals surface area contributed by atoms with E-state index < -0.39 is 0 Å². The molecule has 2 N–H and O–H groups in total. The maximum Gasteiger partial charge on any atom is 0.251 e. The van der Waals surface area contributed by atoms with Crippen molar-refractivity contribution in [1.29, 1.82) is 0 Å². The average molecular weight is 299 g/mol. The predicted molar refractivity (Wildman–Crippen MR) is 87.9 cm³/mol. The number of hydrogen-bond donors (Lipinski definition) is 2. The van der Waals surface area contributed by atoms with Crippen LogP contribution in [-0.4, -0.2) is 25.5 Å². The van der Waals surface area contributed by atoms with Gasteiger partial charge in [0.2, 0.25) is 0 Å². The van der Waals surface area contributed by atoms with Crippen molar-refractivity contribution >= 4 is 18.3 Å². The van der Waals surface area contributed by atoms with E-state index in [9.17, 15) is 4.79 Å². The van der Waals surface area contributed by atoms with E-state index in [-0.39, 0.29) is 23.7 Å². The van der Waals surface area contributed by atoms with Gasteiger partial charge in [0.1, 0.15) is 0 Å². The van der Waals surface area contributed by atoms with Crippen molar-refractivity contribution in [2.75, 3.05) is 19.6 Å². The first-order valence-electron chi connectivity index (χ1n) is 7.04. The second-order valence-corrected chi connectivity index (χ2v) is 5.83. The summed E-state index contributed by atoms with van der Waals surface area (Å²) in [6.07, 6.45) is 1.11. The monoisotopic (exact) mass is 298 g/mol. The third-order valence-electron chi connectivity index (χ3n) is 3.03. The van der Waals surface area contributed by atoms with Crippen LogP contribution in [0, 0.1) is 0 Å². The van der Waals surface area contributed by atoms with Crippen LogP contribution >= 0.6 is 12.4 Å². The van der Waals surface area contributed by atoms with Crippen molar-refractivity contribution in [2.24, 2.45) is 0 Å². The Bertz CT molecular complexity index is 396. The van der Waals surface area contributed by atoms with Gasteiger partial charge in [-0.3, -0.25) is 4.79 Å². The first-order valence-corrected chi connectivity index (χ1v) is 7.04. The summed E-state index contributed by atoms with van der Waals surface area (Å²) in [4.78, 5) is 11.9. The maximum absolute atomic E-state index is 11.9. The SMILES string of the molecule is CCCNCCNC(=O)c1ccc(C(C)(C)C)cc1.Cl. The summed E-state index contributed by atoms with van der Waals surface area (Å²) in [7, 11) is 0. The smallest absolute Gasteiger partial charge is 0.251 e. The zero-order valence-corrected chi connectivity index (χ0v) is 13.8.